The number of fused-ring (bicyclic) bond motifs is 2. The standard InChI is InChI=1S/C32H26F4N10/c33-19-5-7-23(35)21(15-19)27-3-1-11-43(27)29-9-13-45-31(39-29)25(17-37-45)41-42-26-18-38-46-14-10-30(40-32(26)46)44-12-2-4-28(44)22-16-20(34)6-8-24(22)36/h5-10,13-18,27-28H,1-4,11-12H2/t27-,28-/m1/s1. The Bertz CT molecular complexity index is 1980. The van der Waals surface area contributed by atoms with Crippen LogP contribution in [0.5, 0.6) is 0 Å². The molecule has 0 spiro atoms. The molecule has 2 aliphatic heterocycles. The summed E-state index contributed by atoms with van der Waals surface area (Å²) in [5.74, 6) is -0.699. The first-order chi connectivity index (χ1) is 22.4. The molecule has 0 amide bonds. The highest BCUT2D eigenvalue weighted by Gasteiger charge is 2.31. The molecule has 2 aliphatic rings. The summed E-state index contributed by atoms with van der Waals surface area (Å²) in [7, 11) is 0. The predicted octanol–water partition coefficient (Wildman–Crippen LogP) is 7.43. The molecule has 2 aromatic carbocycles. The summed E-state index contributed by atoms with van der Waals surface area (Å²) in [4.78, 5) is 13.5. The fraction of sp³-hybridized carbons (Fsp3) is 0.250. The van der Waals surface area contributed by atoms with Crippen LogP contribution in [0.25, 0.3) is 11.3 Å². The molecule has 2 saturated heterocycles. The summed E-state index contributed by atoms with van der Waals surface area (Å²) in [6, 6.07) is 9.88. The average Bonchev–Trinajstić information content (AvgIpc) is 3.88. The van der Waals surface area contributed by atoms with Gasteiger partial charge in [-0.05, 0) is 74.2 Å². The Kier molecular flexibility index (Phi) is 6.84. The van der Waals surface area contributed by atoms with Gasteiger partial charge in [0.1, 0.15) is 34.9 Å². The topological polar surface area (TPSA) is 91.6 Å². The van der Waals surface area contributed by atoms with Gasteiger partial charge in [-0.15, -0.1) is 10.2 Å². The van der Waals surface area contributed by atoms with Crippen molar-refractivity contribution in [2.45, 2.75) is 37.8 Å². The van der Waals surface area contributed by atoms with E-state index in [9.17, 15) is 17.6 Å². The molecule has 232 valence electrons. The molecule has 8 rings (SSSR count). The molecule has 6 aromatic rings. The molecule has 0 saturated carbocycles. The summed E-state index contributed by atoms with van der Waals surface area (Å²) in [6.45, 7) is 1.27. The van der Waals surface area contributed by atoms with Crippen molar-refractivity contribution in [3.8, 4) is 0 Å². The van der Waals surface area contributed by atoms with Crippen LogP contribution in [-0.2, 0) is 0 Å². The van der Waals surface area contributed by atoms with Gasteiger partial charge in [-0.1, -0.05) is 0 Å². The van der Waals surface area contributed by atoms with Gasteiger partial charge in [0.2, 0.25) is 0 Å². The van der Waals surface area contributed by atoms with Gasteiger partial charge in [0.15, 0.2) is 22.7 Å². The van der Waals surface area contributed by atoms with Crippen molar-refractivity contribution in [2.24, 2.45) is 10.2 Å². The average molecular weight is 627 g/mol. The first-order valence-electron chi connectivity index (χ1n) is 15.0. The number of hydrogen-bond donors (Lipinski definition) is 0. The molecule has 0 unspecified atom stereocenters. The quantitative estimate of drug-likeness (QED) is 0.141. The zero-order chi connectivity index (χ0) is 31.4. The van der Waals surface area contributed by atoms with Crippen molar-refractivity contribution in [3.63, 3.8) is 0 Å². The highest BCUT2D eigenvalue weighted by molar-refractivity contribution is 5.68. The summed E-state index contributed by atoms with van der Waals surface area (Å²) < 4.78 is 60.4. The van der Waals surface area contributed by atoms with Gasteiger partial charge in [0.25, 0.3) is 0 Å². The zero-order valence-corrected chi connectivity index (χ0v) is 24.3. The molecule has 46 heavy (non-hydrogen) atoms. The van der Waals surface area contributed by atoms with E-state index in [4.69, 9.17) is 9.97 Å². The van der Waals surface area contributed by atoms with E-state index in [1.54, 1.807) is 33.6 Å². The number of hydrogen-bond acceptors (Lipinski definition) is 8. The van der Waals surface area contributed by atoms with Crippen LogP contribution in [0.1, 0.15) is 48.9 Å². The predicted molar refractivity (Wildman–Crippen MR) is 162 cm³/mol. The lowest BCUT2D eigenvalue weighted by Crippen LogP contribution is -2.24. The minimum atomic E-state index is -0.486. The van der Waals surface area contributed by atoms with Crippen LogP contribution in [0, 0.1) is 23.3 Å². The molecule has 0 bridgehead atoms. The highest BCUT2D eigenvalue weighted by atomic mass is 19.1. The van der Waals surface area contributed by atoms with Gasteiger partial charge >= 0.3 is 0 Å². The number of nitrogens with zero attached hydrogens (tertiary/aromatic N) is 10. The van der Waals surface area contributed by atoms with Gasteiger partial charge in [0.05, 0.1) is 24.5 Å². The van der Waals surface area contributed by atoms with Crippen LogP contribution in [0.2, 0.25) is 0 Å². The number of aromatic nitrogens is 6. The lowest BCUT2D eigenvalue weighted by Gasteiger charge is -2.26. The smallest absolute Gasteiger partial charge is 0.184 e. The largest absolute Gasteiger partial charge is 0.349 e. The molecular formula is C32H26F4N10. The molecule has 0 N–H and O–H groups in total. The minimum Gasteiger partial charge on any atom is -0.349 e. The van der Waals surface area contributed by atoms with E-state index in [2.05, 4.69) is 20.4 Å². The van der Waals surface area contributed by atoms with Crippen LogP contribution in [0.15, 0.2) is 83.5 Å². The number of anilines is 2. The fourth-order valence-electron chi connectivity index (χ4n) is 6.53. The van der Waals surface area contributed by atoms with Crippen molar-refractivity contribution >= 4 is 34.3 Å². The first kappa shape index (κ1) is 28.1. The van der Waals surface area contributed by atoms with Crippen LogP contribution in [-0.4, -0.2) is 42.3 Å². The lowest BCUT2D eigenvalue weighted by atomic mass is 10.0. The van der Waals surface area contributed by atoms with E-state index in [-0.39, 0.29) is 12.1 Å². The number of rotatable bonds is 6. The Morgan fingerprint density at radius 2 is 1.07 bits per heavy atom. The van der Waals surface area contributed by atoms with Crippen LogP contribution < -0.4 is 9.80 Å². The van der Waals surface area contributed by atoms with Crippen molar-refractivity contribution in [2.75, 3.05) is 22.9 Å². The molecule has 6 heterocycles. The third-order valence-corrected chi connectivity index (χ3v) is 8.67. The third kappa shape index (κ3) is 4.89. The maximum atomic E-state index is 14.7. The SMILES string of the molecule is Fc1ccc(F)c([C@H]2CCCN2c2ccn3ncc(N=Nc4cnn5ccc(N6CCC[C@@H]6c6cc(F)ccc6F)nc45)c3n2)c1. The van der Waals surface area contributed by atoms with E-state index in [1.807, 2.05) is 9.80 Å². The molecule has 14 heteroatoms. The Morgan fingerprint density at radius 3 is 1.52 bits per heavy atom. The summed E-state index contributed by atoms with van der Waals surface area (Å²) in [6.07, 6.45) is 9.50. The maximum absolute atomic E-state index is 14.7. The van der Waals surface area contributed by atoms with E-state index in [0.29, 0.717) is 71.4 Å². The van der Waals surface area contributed by atoms with E-state index in [1.165, 1.54) is 24.5 Å². The van der Waals surface area contributed by atoms with Crippen LogP contribution in [0.3, 0.4) is 0 Å². The van der Waals surface area contributed by atoms with Crippen LogP contribution in [0.4, 0.5) is 40.6 Å². The van der Waals surface area contributed by atoms with E-state index >= 15 is 0 Å². The van der Waals surface area contributed by atoms with Gasteiger partial charge < -0.3 is 9.80 Å². The molecule has 2 fully saturated rings. The third-order valence-electron chi connectivity index (χ3n) is 8.67. The lowest BCUT2D eigenvalue weighted by molar-refractivity contribution is 0.560. The highest BCUT2D eigenvalue weighted by Crippen LogP contribution is 2.39. The molecular weight excluding hydrogens is 600 g/mol. The van der Waals surface area contributed by atoms with Gasteiger partial charge in [0, 0.05) is 36.6 Å². The molecule has 0 radical (unpaired) electrons. The Balaban J connectivity index is 1.09. The van der Waals surface area contributed by atoms with Gasteiger partial charge in [-0.2, -0.15) is 10.2 Å². The molecule has 0 aliphatic carbocycles. The zero-order valence-electron chi connectivity index (χ0n) is 24.3. The number of halogens is 4. The second kappa shape index (κ2) is 11.2. The van der Waals surface area contributed by atoms with E-state index in [0.717, 1.165) is 37.1 Å². The fourth-order valence-corrected chi connectivity index (χ4v) is 6.53. The second-order valence-electron chi connectivity index (χ2n) is 11.4. The number of azo groups is 1. The van der Waals surface area contributed by atoms with Crippen LogP contribution >= 0.6 is 0 Å². The van der Waals surface area contributed by atoms with Crippen molar-refractivity contribution in [1.82, 2.24) is 29.2 Å². The second-order valence-corrected chi connectivity index (χ2v) is 11.4. The monoisotopic (exact) mass is 626 g/mol. The Hall–Kier alpha value is -5.40. The van der Waals surface area contributed by atoms with Crippen molar-refractivity contribution in [3.05, 3.63) is 108 Å². The number of benzene rings is 2. The van der Waals surface area contributed by atoms with Crippen molar-refractivity contribution in [1.29, 1.82) is 0 Å². The first-order valence-corrected chi connectivity index (χ1v) is 15.0. The normalized spacial score (nSPS) is 18.6. The minimum absolute atomic E-state index is 0.300. The van der Waals surface area contributed by atoms with Crippen molar-refractivity contribution < 1.29 is 17.6 Å². The molecule has 10 nitrogen and oxygen atoms in total. The summed E-state index contributed by atoms with van der Waals surface area (Å²) in [5, 5.41) is 17.5. The Morgan fingerprint density at radius 1 is 0.609 bits per heavy atom. The van der Waals surface area contributed by atoms with E-state index < -0.39 is 23.3 Å². The van der Waals surface area contributed by atoms with Gasteiger partial charge in [-0.25, -0.2) is 36.6 Å². The summed E-state index contributed by atoms with van der Waals surface area (Å²) >= 11 is 0. The molecule has 2 atom stereocenters. The Labute approximate surface area is 259 Å². The maximum Gasteiger partial charge on any atom is 0.184 e. The summed E-state index contributed by atoms with van der Waals surface area (Å²) in [5.41, 5.74) is 2.27. The van der Waals surface area contributed by atoms with Gasteiger partial charge in [-0.3, -0.25) is 0 Å². The molecule has 4 aromatic heterocycles.